The summed E-state index contributed by atoms with van der Waals surface area (Å²) in [6.45, 7) is 2.43. The summed E-state index contributed by atoms with van der Waals surface area (Å²) in [7, 11) is 0. The minimum Gasteiger partial charge on any atom is -0.271 e. The van der Waals surface area contributed by atoms with Crippen LogP contribution in [0.15, 0.2) is 58.9 Å². The lowest BCUT2D eigenvalue weighted by atomic mass is 10.1. The minimum atomic E-state index is -0.811. The van der Waals surface area contributed by atoms with Gasteiger partial charge in [0.05, 0.1) is 17.3 Å². The molecular weight excluding hydrogens is 340 g/mol. The van der Waals surface area contributed by atoms with Gasteiger partial charge in [0.25, 0.3) is 11.8 Å². The van der Waals surface area contributed by atoms with Crippen LogP contribution >= 0.6 is 11.6 Å². The number of fused-ring (bicyclic) bond motifs is 1. The molecule has 2 aromatic carbocycles. The molecule has 0 aliphatic carbocycles. The summed E-state index contributed by atoms with van der Waals surface area (Å²) < 4.78 is 0. The highest BCUT2D eigenvalue weighted by atomic mass is 35.5. The molecule has 0 unspecified atom stereocenters. The number of nitrogens with zero attached hydrogens (tertiary/aromatic N) is 4. The highest BCUT2D eigenvalue weighted by Gasteiger charge is 2.55. The van der Waals surface area contributed by atoms with Gasteiger partial charge in [-0.15, -0.1) is 0 Å². The summed E-state index contributed by atoms with van der Waals surface area (Å²) in [4.78, 5) is 26.7. The summed E-state index contributed by atoms with van der Waals surface area (Å²) in [5.41, 5.74) is 2.54. The number of carbonyl (C=O) groups is 2. The van der Waals surface area contributed by atoms with Gasteiger partial charge in [-0.1, -0.05) is 58.8 Å². The molecule has 0 saturated carbocycles. The van der Waals surface area contributed by atoms with E-state index in [1.54, 1.807) is 29.3 Å². The van der Waals surface area contributed by atoms with Gasteiger partial charge in [0, 0.05) is 0 Å². The third-order valence-corrected chi connectivity index (χ3v) is 4.74. The zero-order chi connectivity index (χ0) is 17.6. The van der Waals surface area contributed by atoms with Crippen LogP contribution in [0, 0.1) is 6.92 Å². The topological polar surface area (TPSA) is 65.3 Å². The van der Waals surface area contributed by atoms with Crippen LogP contribution in [0.3, 0.4) is 0 Å². The first-order valence-electron chi connectivity index (χ1n) is 7.91. The lowest BCUT2D eigenvalue weighted by molar-refractivity contribution is -0.123. The Balaban J connectivity index is 1.62. The van der Waals surface area contributed by atoms with Crippen molar-refractivity contribution in [2.24, 2.45) is 10.3 Å². The number of carbonyl (C=O) groups excluding carboxylic acids is 2. The highest BCUT2D eigenvalue weighted by Crippen LogP contribution is 2.35. The second-order valence-electron chi connectivity index (χ2n) is 6.14. The number of benzene rings is 2. The molecule has 2 heterocycles. The maximum atomic E-state index is 12.9. The van der Waals surface area contributed by atoms with Crippen molar-refractivity contribution in [2.45, 2.75) is 25.6 Å². The largest absolute Gasteiger partial charge is 0.271 e. The third kappa shape index (κ3) is 2.59. The smallest absolute Gasteiger partial charge is 0.263 e. The van der Waals surface area contributed by atoms with Crippen molar-refractivity contribution in [1.82, 2.24) is 5.01 Å². The number of aryl methyl sites for hydroxylation is 1. The molecule has 0 radical (unpaired) electrons. The SMILES string of the molecule is Cc1ccc(CN2N=N[C@H]3C(=O)N(c4ccccc4Cl)C(=O)[C@H]32)cc1. The molecule has 7 heteroatoms. The Morgan fingerprint density at radius 3 is 2.48 bits per heavy atom. The molecule has 2 atom stereocenters. The van der Waals surface area contributed by atoms with E-state index in [-0.39, 0.29) is 5.91 Å². The number of imide groups is 1. The van der Waals surface area contributed by atoms with E-state index in [0.29, 0.717) is 17.3 Å². The van der Waals surface area contributed by atoms with Crippen LogP contribution in [0.2, 0.25) is 5.02 Å². The Bertz CT molecular complexity index is 881. The molecule has 4 rings (SSSR count). The van der Waals surface area contributed by atoms with Crippen molar-refractivity contribution >= 4 is 29.1 Å². The molecule has 126 valence electrons. The lowest BCUT2D eigenvalue weighted by Gasteiger charge is -2.21. The van der Waals surface area contributed by atoms with E-state index in [1.807, 2.05) is 31.2 Å². The molecule has 6 nitrogen and oxygen atoms in total. The molecule has 2 aliphatic heterocycles. The summed E-state index contributed by atoms with van der Waals surface area (Å²) in [6.07, 6.45) is 0. The zero-order valence-corrected chi connectivity index (χ0v) is 14.2. The van der Waals surface area contributed by atoms with Gasteiger partial charge in [0.1, 0.15) is 0 Å². The average Bonchev–Trinajstić information content (AvgIpc) is 3.12. The van der Waals surface area contributed by atoms with Gasteiger partial charge in [-0.05, 0) is 24.6 Å². The van der Waals surface area contributed by atoms with Crippen molar-refractivity contribution in [2.75, 3.05) is 4.90 Å². The predicted octanol–water partition coefficient (Wildman–Crippen LogP) is 3.14. The molecule has 25 heavy (non-hydrogen) atoms. The molecule has 2 amide bonds. The van der Waals surface area contributed by atoms with E-state index in [4.69, 9.17) is 11.6 Å². The van der Waals surface area contributed by atoms with E-state index in [2.05, 4.69) is 10.3 Å². The molecule has 0 N–H and O–H groups in total. The Morgan fingerprint density at radius 1 is 1.04 bits per heavy atom. The van der Waals surface area contributed by atoms with Gasteiger partial charge >= 0.3 is 0 Å². The molecule has 0 spiro atoms. The van der Waals surface area contributed by atoms with Crippen molar-refractivity contribution in [1.29, 1.82) is 0 Å². The molecule has 1 fully saturated rings. The van der Waals surface area contributed by atoms with Gasteiger partial charge in [-0.3, -0.25) is 14.6 Å². The molecule has 1 saturated heterocycles. The average molecular weight is 355 g/mol. The fourth-order valence-electron chi connectivity index (χ4n) is 3.10. The van der Waals surface area contributed by atoms with Crippen LogP contribution in [0.1, 0.15) is 11.1 Å². The fraction of sp³-hybridized carbons (Fsp3) is 0.222. The van der Waals surface area contributed by atoms with Crippen LogP contribution in [0.25, 0.3) is 0 Å². The number of hydrogen-bond acceptors (Lipinski definition) is 5. The number of amides is 2. The van der Waals surface area contributed by atoms with Crippen molar-refractivity contribution in [3.8, 4) is 0 Å². The summed E-state index contributed by atoms with van der Waals surface area (Å²) in [5, 5.41) is 10.0. The second-order valence-corrected chi connectivity index (χ2v) is 6.55. The third-order valence-electron chi connectivity index (χ3n) is 4.42. The normalized spacial score (nSPS) is 22.0. The molecule has 0 aromatic heterocycles. The van der Waals surface area contributed by atoms with Crippen LogP contribution in [-0.2, 0) is 16.1 Å². The fourth-order valence-corrected chi connectivity index (χ4v) is 3.33. The predicted molar refractivity (Wildman–Crippen MR) is 93.1 cm³/mol. The van der Waals surface area contributed by atoms with E-state index < -0.39 is 18.0 Å². The van der Waals surface area contributed by atoms with Crippen LogP contribution in [0.4, 0.5) is 5.69 Å². The summed E-state index contributed by atoms with van der Waals surface area (Å²) in [5.74, 6) is -0.738. The van der Waals surface area contributed by atoms with Crippen LogP contribution < -0.4 is 4.90 Å². The van der Waals surface area contributed by atoms with Gasteiger partial charge in [-0.25, -0.2) is 4.90 Å². The summed E-state index contributed by atoms with van der Waals surface area (Å²) >= 11 is 6.16. The second kappa shape index (κ2) is 5.97. The van der Waals surface area contributed by atoms with Crippen LogP contribution in [0.5, 0.6) is 0 Å². The monoisotopic (exact) mass is 354 g/mol. The Hall–Kier alpha value is -2.73. The van der Waals surface area contributed by atoms with E-state index >= 15 is 0 Å². The number of hydrogen-bond donors (Lipinski definition) is 0. The maximum absolute atomic E-state index is 12.9. The Morgan fingerprint density at radius 2 is 1.76 bits per heavy atom. The first kappa shape index (κ1) is 15.8. The minimum absolute atomic E-state index is 0.347. The molecular formula is C18H15ClN4O2. The van der Waals surface area contributed by atoms with Crippen molar-refractivity contribution < 1.29 is 9.59 Å². The molecule has 2 aliphatic rings. The van der Waals surface area contributed by atoms with Crippen molar-refractivity contribution in [3.05, 3.63) is 64.7 Å². The van der Waals surface area contributed by atoms with Gasteiger partial charge in [0.15, 0.2) is 12.1 Å². The number of halogens is 1. The molecule has 2 aromatic rings. The zero-order valence-electron chi connectivity index (χ0n) is 13.5. The summed E-state index contributed by atoms with van der Waals surface area (Å²) in [6, 6.07) is 13.2. The maximum Gasteiger partial charge on any atom is 0.263 e. The van der Waals surface area contributed by atoms with Gasteiger partial charge in [0.2, 0.25) is 0 Å². The lowest BCUT2D eigenvalue weighted by Crippen LogP contribution is -2.39. The Labute approximate surface area is 149 Å². The first-order valence-corrected chi connectivity index (χ1v) is 8.29. The van der Waals surface area contributed by atoms with Crippen LogP contribution in [-0.4, -0.2) is 28.9 Å². The quantitative estimate of drug-likeness (QED) is 0.795. The molecule has 0 bridgehead atoms. The standard InChI is InChI=1S/C18H15ClN4O2/c1-11-6-8-12(9-7-11)10-22-16-15(20-21-22)17(24)23(18(16)25)14-5-3-2-4-13(14)19/h2-9,15-16H,10H2,1H3/t15-,16+/m1/s1. The van der Waals surface area contributed by atoms with E-state index in [1.165, 1.54) is 0 Å². The van der Waals surface area contributed by atoms with Crippen molar-refractivity contribution in [3.63, 3.8) is 0 Å². The van der Waals surface area contributed by atoms with Gasteiger partial charge < -0.3 is 0 Å². The highest BCUT2D eigenvalue weighted by molar-refractivity contribution is 6.36. The van der Waals surface area contributed by atoms with Gasteiger partial charge in [-0.2, -0.15) is 5.11 Å². The Kier molecular flexibility index (Phi) is 3.77. The van der Waals surface area contributed by atoms with E-state index in [0.717, 1.165) is 16.0 Å². The number of anilines is 1. The first-order chi connectivity index (χ1) is 12.1. The number of para-hydroxylation sites is 1. The number of rotatable bonds is 3. The van der Waals surface area contributed by atoms with E-state index in [9.17, 15) is 9.59 Å².